The summed E-state index contributed by atoms with van der Waals surface area (Å²) < 4.78 is 32.9. The van der Waals surface area contributed by atoms with Gasteiger partial charge in [0.1, 0.15) is 19.3 Å². The van der Waals surface area contributed by atoms with E-state index < -0.39 is 5.92 Å². The third-order valence-electron chi connectivity index (χ3n) is 5.02. The summed E-state index contributed by atoms with van der Waals surface area (Å²) in [5.74, 6) is -2.76. The van der Waals surface area contributed by atoms with Crippen molar-refractivity contribution in [2.75, 3.05) is 7.11 Å². The maximum absolute atomic E-state index is 14.0. The number of methoxy groups -OCH3 is 1. The molecule has 2 rings (SSSR count). The van der Waals surface area contributed by atoms with Crippen LogP contribution in [-0.4, -0.2) is 32.4 Å². The molecule has 0 saturated heterocycles. The molecule has 0 N–H and O–H groups in total. The van der Waals surface area contributed by atoms with E-state index in [0.29, 0.717) is 17.7 Å². The van der Waals surface area contributed by atoms with Crippen molar-refractivity contribution in [3.05, 3.63) is 112 Å². The standard InChI is InChI=1S/C21H22F2O.C9H14O.2C2H6.2CH2O/c1-14-5-8-17(9-6-14)12-18-10-7-15(2)19(13-18)20(11-16(3)24)21(4,22)23;1-5-6-8(2)7-9(3)10-4;4*1-2/h5-11,13H,12H2,1-4H3;5-7H,3H2,1-2,4H3;2*1-2H3;2*1H2/b20-11+;6-5-,8-7-;;;;. The van der Waals surface area contributed by atoms with Gasteiger partial charge in [0.05, 0.1) is 7.11 Å². The Hall–Kier alpha value is -3.93. The van der Waals surface area contributed by atoms with Crippen LogP contribution in [0.1, 0.15) is 83.2 Å². The van der Waals surface area contributed by atoms with E-state index in [9.17, 15) is 13.6 Å². The molecule has 234 valence electrons. The fraction of sp³-hybridized carbons (Fsp3) is 0.361. The number of aryl methyl sites for hydroxylation is 2. The van der Waals surface area contributed by atoms with Gasteiger partial charge in [0.25, 0.3) is 5.92 Å². The van der Waals surface area contributed by atoms with Crippen molar-refractivity contribution < 1.29 is 27.9 Å². The monoisotopic (exact) mass is 586 g/mol. The minimum absolute atomic E-state index is 0.224. The average molecular weight is 587 g/mol. The molecule has 0 heterocycles. The number of carbonyl (C=O) groups excluding carboxylic acids is 3. The molecule has 2 aromatic rings. The number of halogens is 2. The zero-order valence-electron chi connectivity index (χ0n) is 27.6. The Labute approximate surface area is 253 Å². The molecule has 0 unspecified atom stereocenters. The van der Waals surface area contributed by atoms with Crippen LogP contribution in [0.3, 0.4) is 0 Å². The first-order valence-corrected chi connectivity index (χ1v) is 13.7. The number of benzene rings is 2. The van der Waals surface area contributed by atoms with E-state index in [4.69, 9.17) is 14.3 Å². The van der Waals surface area contributed by atoms with Gasteiger partial charge < -0.3 is 14.3 Å². The van der Waals surface area contributed by atoms with Crippen molar-refractivity contribution in [3.63, 3.8) is 0 Å². The Morgan fingerprint density at radius 1 is 0.881 bits per heavy atom. The lowest BCUT2D eigenvalue weighted by atomic mass is 9.92. The van der Waals surface area contributed by atoms with Crippen LogP contribution < -0.4 is 0 Å². The van der Waals surface area contributed by atoms with E-state index in [1.807, 2.05) is 117 Å². The van der Waals surface area contributed by atoms with Crippen molar-refractivity contribution in [1.82, 2.24) is 0 Å². The van der Waals surface area contributed by atoms with Gasteiger partial charge in [-0.05, 0) is 81.0 Å². The number of hydrogen-bond acceptors (Lipinski definition) is 4. The van der Waals surface area contributed by atoms with Crippen LogP contribution in [0, 0.1) is 13.8 Å². The SMILES string of the molecule is C=C(/C=C(C)\C=C/C)OC.C=O.C=O.CC.CC.CC(=O)/C=C(\c1cc(Cc2ccc(C)cc2)ccc1C)C(C)(F)F. The van der Waals surface area contributed by atoms with E-state index in [0.717, 1.165) is 35.3 Å². The average Bonchev–Trinajstić information content (AvgIpc) is 2.98. The van der Waals surface area contributed by atoms with Crippen LogP contribution in [-0.2, 0) is 25.5 Å². The predicted octanol–water partition coefficient (Wildman–Crippen LogP) is 9.87. The Morgan fingerprint density at radius 2 is 1.36 bits per heavy atom. The molecule has 2 aromatic carbocycles. The third-order valence-corrected chi connectivity index (χ3v) is 5.02. The van der Waals surface area contributed by atoms with Crippen molar-refractivity contribution >= 4 is 24.9 Å². The van der Waals surface area contributed by atoms with Crippen LogP contribution in [0.25, 0.3) is 5.57 Å². The number of alkyl halides is 2. The summed E-state index contributed by atoms with van der Waals surface area (Å²) in [5, 5.41) is 0. The Morgan fingerprint density at radius 3 is 1.76 bits per heavy atom. The maximum Gasteiger partial charge on any atom is 0.271 e. The molecule has 0 amide bonds. The summed E-state index contributed by atoms with van der Waals surface area (Å²) in [6.07, 6.45) is 7.58. The minimum atomic E-state index is -3.07. The second-order valence-electron chi connectivity index (χ2n) is 8.43. The Kier molecular flexibility index (Phi) is 29.2. The van der Waals surface area contributed by atoms with E-state index in [1.165, 1.54) is 12.5 Å². The first kappa shape index (κ1) is 45.1. The topological polar surface area (TPSA) is 60.4 Å². The first-order chi connectivity index (χ1) is 19.9. The Balaban J connectivity index is -0.000000336. The van der Waals surface area contributed by atoms with E-state index in [1.54, 1.807) is 20.1 Å². The van der Waals surface area contributed by atoms with Crippen LogP contribution in [0.15, 0.2) is 84.7 Å². The zero-order valence-corrected chi connectivity index (χ0v) is 27.6. The highest BCUT2D eigenvalue weighted by atomic mass is 19.3. The van der Waals surface area contributed by atoms with E-state index >= 15 is 0 Å². The molecule has 6 heteroatoms. The normalized spacial score (nSPS) is 10.4. The van der Waals surface area contributed by atoms with Gasteiger partial charge in [-0.3, -0.25) is 4.79 Å². The summed E-state index contributed by atoms with van der Waals surface area (Å²) in [5.41, 5.74) is 5.33. The summed E-state index contributed by atoms with van der Waals surface area (Å²) in [7, 11) is 1.61. The van der Waals surface area contributed by atoms with Crippen LogP contribution in [0.2, 0.25) is 0 Å². The smallest absolute Gasteiger partial charge is 0.271 e. The molecule has 0 aliphatic rings. The molecule has 0 radical (unpaired) electrons. The quantitative estimate of drug-likeness (QED) is 0.175. The number of allylic oxidation sites excluding steroid dienone is 6. The second-order valence-corrected chi connectivity index (χ2v) is 8.43. The van der Waals surface area contributed by atoms with Crippen molar-refractivity contribution in [2.45, 2.75) is 81.6 Å². The van der Waals surface area contributed by atoms with Crippen LogP contribution >= 0.6 is 0 Å². The van der Waals surface area contributed by atoms with Crippen molar-refractivity contribution in [2.24, 2.45) is 0 Å². The zero-order chi connectivity index (χ0) is 33.9. The van der Waals surface area contributed by atoms with Gasteiger partial charge in [-0.1, -0.05) is 94.5 Å². The van der Waals surface area contributed by atoms with E-state index in [2.05, 4.69) is 6.58 Å². The predicted molar refractivity (Wildman–Crippen MR) is 176 cm³/mol. The lowest BCUT2D eigenvalue weighted by Gasteiger charge is -2.18. The number of ether oxygens (including phenoxy) is 1. The Bertz CT molecular complexity index is 1100. The fourth-order valence-corrected chi connectivity index (χ4v) is 3.28. The van der Waals surface area contributed by atoms with Gasteiger partial charge in [0.2, 0.25) is 0 Å². The minimum Gasteiger partial charge on any atom is -0.497 e. The second kappa shape index (κ2) is 27.3. The van der Waals surface area contributed by atoms with Gasteiger partial charge in [-0.2, -0.15) is 0 Å². The van der Waals surface area contributed by atoms with Gasteiger partial charge in [0, 0.05) is 12.5 Å². The third kappa shape index (κ3) is 20.9. The molecular weight excluding hydrogens is 534 g/mol. The summed E-state index contributed by atoms with van der Waals surface area (Å²) in [4.78, 5) is 27.4. The highest BCUT2D eigenvalue weighted by Gasteiger charge is 2.30. The van der Waals surface area contributed by atoms with Crippen LogP contribution in [0.4, 0.5) is 8.78 Å². The number of rotatable bonds is 8. The molecule has 42 heavy (non-hydrogen) atoms. The van der Waals surface area contributed by atoms with Crippen LogP contribution in [0.5, 0.6) is 0 Å². The van der Waals surface area contributed by atoms with Gasteiger partial charge in [-0.25, -0.2) is 8.78 Å². The molecule has 0 bridgehead atoms. The summed E-state index contributed by atoms with van der Waals surface area (Å²) in [6.45, 7) is 25.6. The van der Waals surface area contributed by atoms with Crippen molar-refractivity contribution in [3.8, 4) is 0 Å². The largest absolute Gasteiger partial charge is 0.497 e. The summed E-state index contributed by atoms with van der Waals surface area (Å²) in [6, 6.07) is 13.7. The molecule has 0 aliphatic carbocycles. The molecule has 0 atom stereocenters. The maximum atomic E-state index is 14.0. The molecule has 0 aliphatic heterocycles. The molecule has 0 spiro atoms. The highest BCUT2D eigenvalue weighted by molar-refractivity contribution is 5.96. The molecule has 0 aromatic heterocycles. The van der Waals surface area contributed by atoms with Gasteiger partial charge in [0.15, 0.2) is 5.78 Å². The molecule has 0 saturated carbocycles. The summed E-state index contributed by atoms with van der Waals surface area (Å²) >= 11 is 0. The fourth-order valence-electron chi connectivity index (χ4n) is 3.28. The van der Waals surface area contributed by atoms with Gasteiger partial charge in [-0.15, -0.1) is 0 Å². The molecule has 4 nitrogen and oxygen atoms in total. The lowest BCUT2D eigenvalue weighted by Crippen LogP contribution is -2.15. The number of hydrogen-bond donors (Lipinski definition) is 0. The van der Waals surface area contributed by atoms with E-state index in [-0.39, 0.29) is 11.4 Å². The lowest BCUT2D eigenvalue weighted by molar-refractivity contribution is -0.112. The molecular formula is C36H52F2O4. The first-order valence-electron chi connectivity index (χ1n) is 13.7. The number of carbonyl (C=O) groups is 3. The highest BCUT2D eigenvalue weighted by Crippen LogP contribution is 2.34. The molecule has 0 fully saturated rings. The number of ketones is 1. The van der Waals surface area contributed by atoms with Crippen molar-refractivity contribution in [1.29, 1.82) is 0 Å². The van der Waals surface area contributed by atoms with Gasteiger partial charge >= 0.3 is 0 Å².